The maximum absolute atomic E-state index is 8.55. The van der Waals surface area contributed by atoms with Gasteiger partial charge in [-0.05, 0) is 6.92 Å². The zero-order valence-electron chi connectivity index (χ0n) is 8.11. The lowest BCUT2D eigenvalue weighted by atomic mass is 10.2. The molecule has 0 bridgehead atoms. The first-order valence-electron chi connectivity index (χ1n) is 4.22. The maximum Gasteiger partial charge on any atom is 0.134 e. The molecule has 0 fully saturated rings. The summed E-state index contributed by atoms with van der Waals surface area (Å²) < 4.78 is 0. The number of hydrogen-bond donors (Lipinski definition) is 0. The van der Waals surface area contributed by atoms with E-state index in [1.165, 1.54) is 6.33 Å². The maximum atomic E-state index is 8.55. The van der Waals surface area contributed by atoms with Crippen LogP contribution in [0.5, 0.6) is 0 Å². The Balaban J connectivity index is 2.79. The Kier molecular flexibility index (Phi) is 3.66. The number of anilines is 1. The van der Waals surface area contributed by atoms with Gasteiger partial charge < -0.3 is 4.90 Å². The molecule has 0 aromatic carbocycles. The van der Waals surface area contributed by atoms with E-state index in [9.17, 15) is 0 Å². The molecule has 4 nitrogen and oxygen atoms in total. The van der Waals surface area contributed by atoms with Crippen molar-refractivity contribution in [3.05, 3.63) is 17.5 Å². The lowest BCUT2D eigenvalue weighted by molar-refractivity contribution is 0.693. The minimum absolute atomic E-state index is 0.117. The molecule has 5 heteroatoms. The Morgan fingerprint density at radius 2 is 2.36 bits per heavy atom. The highest BCUT2D eigenvalue weighted by Gasteiger charge is 2.10. The van der Waals surface area contributed by atoms with Crippen LogP contribution in [-0.2, 0) is 0 Å². The monoisotopic (exact) mass is 210 g/mol. The summed E-state index contributed by atoms with van der Waals surface area (Å²) in [6.07, 6.45) is 1.87. The van der Waals surface area contributed by atoms with Crippen molar-refractivity contribution in [2.24, 2.45) is 0 Å². The minimum Gasteiger partial charge on any atom is -0.356 e. The van der Waals surface area contributed by atoms with Crippen molar-refractivity contribution in [3.8, 4) is 6.07 Å². The van der Waals surface area contributed by atoms with Crippen LogP contribution in [0, 0.1) is 11.3 Å². The van der Waals surface area contributed by atoms with Gasteiger partial charge in [-0.2, -0.15) is 5.26 Å². The van der Waals surface area contributed by atoms with E-state index in [1.807, 2.05) is 18.9 Å². The second kappa shape index (κ2) is 4.77. The highest BCUT2D eigenvalue weighted by atomic mass is 35.5. The summed E-state index contributed by atoms with van der Waals surface area (Å²) in [5.74, 6) is 0.729. The summed E-state index contributed by atoms with van der Waals surface area (Å²) >= 11 is 5.73. The lowest BCUT2D eigenvalue weighted by Gasteiger charge is -2.23. The number of halogens is 1. The van der Waals surface area contributed by atoms with Crippen LogP contribution in [0.4, 0.5) is 5.82 Å². The van der Waals surface area contributed by atoms with E-state index < -0.39 is 0 Å². The summed E-state index contributed by atoms with van der Waals surface area (Å²) in [6.45, 7) is 1.96. The molecule has 0 aliphatic heterocycles. The fourth-order valence-electron chi connectivity index (χ4n) is 1.01. The van der Waals surface area contributed by atoms with Crippen LogP contribution >= 0.6 is 11.6 Å². The van der Waals surface area contributed by atoms with E-state index in [2.05, 4.69) is 16.0 Å². The second-order valence-electron chi connectivity index (χ2n) is 3.02. The summed E-state index contributed by atoms with van der Waals surface area (Å²) in [5.41, 5.74) is 0. The smallest absolute Gasteiger partial charge is 0.134 e. The molecule has 0 N–H and O–H groups in total. The molecule has 1 heterocycles. The van der Waals surface area contributed by atoms with Gasteiger partial charge in [-0.25, -0.2) is 9.97 Å². The molecule has 0 aliphatic rings. The van der Waals surface area contributed by atoms with Gasteiger partial charge in [-0.15, -0.1) is 0 Å². The molecular weight excluding hydrogens is 200 g/mol. The van der Waals surface area contributed by atoms with Gasteiger partial charge in [0.15, 0.2) is 0 Å². The molecule has 0 radical (unpaired) electrons. The second-order valence-corrected chi connectivity index (χ2v) is 3.41. The van der Waals surface area contributed by atoms with Crippen LogP contribution < -0.4 is 4.90 Å². The van der Waals surface area contributed by atoms with Crippen LogP contribution in [0.15, 0.2) is 12.4 Å². The van der Waals surface area contributed by atoms with Crippen molar-refractivity contribution in [3.63, 3.8) is 0 Å². The van der Waals surface area contributed by atoms with Gasteiger partial charge in [0.1, 0.15) is 17.3 Å². The highest BCUT2D eigenvalue weighted by Crippen LogP contribution is 2.15. The summed E-state index contributed by atoms with van der Waals surface area (Å²) in [7, 11) is 1.88. The predicted molar refractivity (Wildman–Crippen MR) is 55.1 cm³/mol. The number of rotatable bonds is 3. The number of hydrogen-bond acceptors (Lipinski definition) is 4. The molecule has 1 unspecified atom stereocenters. The third-order valence-corrected chi connectivity index (χ3v) is 2.24. The first-order chi connectivity index (χ1) is 6.65. The van der Waals surface area contributed by atoms with E-state index in [4.69, 9.17) is 16.9 Å². The molecular formula is C9H11ClN4. The van der Waals surface area contributed by atoms with Crippen molar-refractivity contribution in [1.82, 2.24) is 9.97 Å². The van der Waals surface area contributed by atoms with Gasteiger partial charge in [0.05, 0.1) is 12.5 Å². The molecule has 0 aliphatic carbocycles. The fraction of sp³-hybridized carbons (Fsp3) is 0.444. The van der Waals surface area contributed by atoms with Gasteiger partial charge >= 0.3 is 0 Å². The van der Waals surface area contributed by atoms with Crippen LogP contribution in [0.3, 0.4) is 0 Å². The highest BCUT2D eigenvalue weighted by molar-refractivity contribution is 6.29. The van der Waals surface area contributed by atoms with E-state index in [0.29, 0.717) is 11.6 Å². The van der Waals surface area contributed by atoms with Gasteiger partial charge in [-0.1, -0.05) is 11.6 Å². The Bertz CT molecular complexity index is 347. The van der Waals surface area contributed by atoms with Crippen molar-refractivity contribution in [2.75, 3.05) is 11.9 Å². The van der Waals surface area contributed by atoms with Crippen molar-refractivity contribution >= 4 is 17.4 Å². The molecule has 1 rings (SSSR count). The van der Waals surface area contributed by atoms with E-state index in [0.717, 1.165) is 5.82 Å². The molecule has 0 spiro atoms. The number of nitriles is 1. The summed E-state index contributed by atoms with van der Waals surface area (Å²) in [4.78, 5) is 9.75. The van der Waals surface area contributed by atoms with Crippen LogP contribution in [0.25, 0.3) is 0 Å². The SMILES string of the molecule is CC(CC#N)N(C)c1cc(Cl)ncn1. The average Bonchev–Trinajstić information content (AvgIpc) is 2.17. The fourth-order valence-corrected chi connectivity index (χ4v) is 1.15. The number of nitrogens with zero attached hydrogens (tertiary/aromatic N) is 4. The molecule has 1 aromatic rings. The predicted octanol–water partition coefficient (Wildman–Crippen LogP) is 1.87. The summed E-state index contributed by atoms with van der Waals surface area (Å²) in [5, 5.41) is 8.96. The van der Waals surface area contributed by atoms with E-state index in [1.54, 1.807) is 6.07 Å². The van der Waals surface area contributed by atoms with E-state index in [-0.39, 0.29) is 6.04 Å². The first kappa shape index (κ1) is 10.7. The molecule has 0 amide bonds. The van der Waals surface area contributed by atoms with Gasteiger partial charge in [-0.3, -0.25) is 0 Å². The molecule has 0 saturated carbocycles. The minimum atomic E-state index is 0.117. The van der Waals surface area contributed by atoms with Crippen LogP contribution in [-0.4, -0.2) is 23.1 Å². The van der Waals surface area contributed by atoms with Crippen LogP contribution in [0.1, 0.15) is 13.3 Å². The third kappa shape index (κ3) is 2.57. The summed E-state index contributed by atoms with van der Waals surface area (Å²) in [6, 6.07) is 3.91. The normalized spacial score (nSPS) is 11.9. The molecule has 14 heavy (non-hydrogen) atoms. The Morgan fingerprint density at radius 1 is 1.64 bits per heavy atom. The first-order valence-corrected chi connectivity index (χ1v) is 4.60. The zero-order valence-corrected chi connectivity index (χ0v) is 8.86. The molecule has 0 saturated heterocycles. The Labute approximate surface area is 88.2 Å². The van der Waals surface area contributed by atoms with E-state index >= 15 is 0 Å². The van der Waals surface area contributed by atoms with Gasteiger partial charge in [0.2, 0.25) is 0 Å². The quantitative estimate of drug-likeness (QED) is 0.715. The molecule has 1 atom stereocenters. The molecule has 1 aromatic heterocycles. The van der Waals surface area contributed by atoms with Gasteiger partial charge in [0, 0.05) is 19.2 Å². The number of aromatic nitrogens is 2. The van der Waals surface area contributed by atoms with Gasteiger partial charge in [0.25, 0.3) is 0 Å². The van der Waals surface area contributed by atoms with Crippen molar-refractivity contribution in [2.45, 2.75) is 19.4 Å². The Hall–Kier alpha value is -1.34. The zero-order chi connectivity index (χ0) is 10.6. The Morgan fingerprint density at radius 3 is 2.93 bits per heavy atom. The van der Waals surface area contributed by atoms with Crippen LogP contribution in [0.2, 0.25) is 5.15 Å². The van der Waals surface area contributed by atoms with Crippen molar-refractivity contribution in [1.29, 1.82) is 5.26 Å². The standard InChI is InChI=1S/C9H11ClN4/c1-7(3-4-11)14(2)9-5-8(10)12-6-13-9/h5-7H,3H2,1-2H3. The average molecular weight is 211 g/mol. The lowest BCUT2D eigenvalue weighted by Crippen LogP contribution is -2.29. The third-order valence-electron chi connectivity index (χ3n) is 2.03. The topological polar surface area (TPSA) is 52.8 Å². The molecule has 74 valence electrons. The van der Waals surface area contributed by atoms with Crippen molar-refractivity contribution < 1.29 is 0 Å². The largest absolute Gasteiger partial charge is 0.356 e.